The highest BCUT2D eigenvalue weighted by Crippen LogP contribution is 2.16. The SMILES string of the molecule is CCOC(=O)C(=O)C(C)/C(=N/O)c1ccc(OC)cc1. The van der Waals surface area contributed by atoms with E-state index >= 15 is 0 Å². The molecule has 6 nitrogen and oxygen atoms in total. The van der Waals surface area contributed by atoms with Gasteiger partial charge in [-0.25, -0.2) is 4.79 Å². The number of hydrogen-bond donors (Lipinski definition) is 1. The Morgan fingerprint density at radius 2 is 1.90 bits per heavy atom. The number of oxime groups is 1. The molecule has 0 spiro atoms. The van der Waals surface area contributed by atoms with Crippen LogP contribution in [-0.4, -0.2) is 36.4 Å². The fraction of sp³-hybridized carbons (Fsp3) is 0.357. The van der Waals surface area contributed by atoms with Gasteiger partial charge in [-0.3, -0.25) is 4.79 Å². The second-order valence-corrected chi connectivity index (χ2v) is 4.02. The zero-order chi connectivity index (χ0) is 15.1. The molecule has 0 aliphatic rings. The summed E-state index contributed by atoms with van der Waals surface area (Å²) in [5, 5.41) is 12.2. The number of methoxy groups -OCH3 is 1. The van der Waals surface area contributed by atoms with Crippen LogP contribution >= 0.6 is 0 Å². The standard InChI is InChI=1S/C14H17NO5/c1-4-20-14(17)13(16)9(2)12(15-18)10-5-7-11(19-3)8-6-10/h5-9,18H,4H2,1-3H3/b15-12-. The Balaban J connectivity index is 2.95. The Kier molecular flexibility index (Phi) is 5.71. The molecular formula is C14H17NO5. The minimum Gasteiger partial charge on any atom is -0.497 e. The van der Waals surface area contributed by atoms with Crippen molar-refractivity contribution in [3.8, 4) is 5.75 Å². The first kappa shape index (κ1) is 15.7. The highest BCUT2D eigenvalue weighted by atomic mass is 16.5. The van der Waals surface area contributed by atoms with E-state index in [-0.39, 0.29) is 12.3 Å². The zero-order valence-corrected chi connectivity index (χ0v) is 11.6. The maximum absolute atomic E-state index is 11.8. The highest BCUT2D eigenvalue weighted by Gasteiger charge is 2.28. The molecular weight excluding hydrogens is 262 g/mol. The van der Waals surface area contributed by atoms with Gasteiger partial charge in [0.05, 0.1) is 25.3 Å². The van der Waals surface area contributed by atoms with E-state index in [1.54, 1.807) is 31.2 Å². The molecule has 1 aromatic carbocycles. The highest BCUT2D eigenvalue weighted by molar-refractivity contribution is 6.39. The van der Waals surface area contributed by atoms with Gasteiger partial charge in [0, 0.05) is 5.56 Å². The number of ketones is 1. The van der Waals surface area contributed by atoms with Crippen LogP contribution in [0.4, 0.5) is 0 Å². The first-order chi connectivity index (χ1) is 9.54. The van der Waals surface area contributed by atoms with Crippen LogP contribution in [0, 0.1) is 5.92 Å². The molecule has 0 aliphatic carbocycles. The summed E-state index contributed by atoms with van der Waals surface area (Å²) >= 11 is 0. The molecule has 0 aromatic heterocycles. The number of nitrogens with zero attached hydrogens (tertiary/aromatic N) is 1. The lowest BCUT2D eigenvalue weighted by atomic mass is 9.94. The van der Waals surface area contributed by atoms with Gasteiger partial charge >= 0.3 is 5.97 Å². The normalized spacial score (nSPS) is 12.7. The van der Waals surface area contributed by atoms with Crippen LogP contribution in [-0.2, 0) is 14.3 Å². The Bertz CT molecular complexity index is 507. The number of benzene rings is 1. The molecule has 0 fully saturated rings. The minimum atomic E-state index is -0.935. The van der Waals surface area contributed by atoms with Gasteiger partial charge in [-0.15, -0.1) is 0 Å². The largest absolute Gasteiger partial charge is 0.497 e. The third-order valence-corrected chi connectivity index (χ3v) is 2.77. The number of ether oxygens (including phenoxy) is 2. The van der Waals surface area contributed by atoms with Crippen LogP contribution in [0.15, 0.2) is 29.4 Å². The van der Waals surface area contributed by atoms with Gasteiger partial charge in [0.2, 0.25) is 5.78 Å². The van der Waals surface area contributed by atoms with Crippen molar-refractivity contribution in [2.75, 3.05) is 13.7 Å². The molecule has 1 aromatic rings. The molecule has 0 aliphatic heterocycles. The summed E-state index contributed by atoms with van der Waals surface area (Å²) in [7, 11) is 1.53. The van der Waals surface area contributed by atoms with E-state index in [0.717, 1.165) is 0 Å². The summed E-state index contributed by atoms with van der Waals surface area (Å²) in [6.45, 7) is 3.21. The van der Waals surface area contributed by atoms with Crippen molar-refractivity contribution in [2.45, 2.75) is 13.8 Å². The van der Waals surface area contributed by atoms with E-state index < -0.39 is 17.7 Å². The average molecular weight is 279 g/mol. The number of carbonyl (C=O) groups is 2. The number of hydrogen-bond acceptors (Lipinski definition) is 6. The van der Waals surface area contributed by atoms with Crippen LogP contribution in [0.1, 0.15) is 19.4 Å². The lowest BCUT2D eigenvalue weighted by Crippen LogP contribution is -2.30. The van der Waals surface area contributed by atoms with Gasteiger partial charge < -0.3 is 14.7 Å². The van der Waals surface area contributed by atoms with Gasteiger partial charge in [0.15, 0.2) is 0 Å². The summed E-state index contributed by atoms with van der Waals surface area (Å²) in [6, 6.07) is 6.62. The van der Waals surface area contributed by atoms with Crippen LogP contribution < -0.4 is 4.74 Å². The minimum absolute atomic E-state index is 0.103. The maximum Gasteiger partial charge on any atom is 0.375 e. The summed E-state index contributed by atoms with van der Waals surface area (Å²) in [5.41, 5.74) is 0.629. The molecule has 0 saturated heterocycles. The molecule has 20 heavy (non-hydrogen) atoms. The molecule has 0 bridgehead atoms. The quantitative estimate of drug-likeness (QED) is 0.281. The molecule has 1 rings (SSSR count). The smallest absolute Gasteiger partial charge is 0.375 e. The third-order valence-electron chi connectivity index (χ3n) is 2.77. The second kappa shape index (κ2) is 7.28. The van der Waals surface area contributed by atoms with Crippen molar-refractivity contribution >= 4 is 17.5 Å². The molecule has 1 unspecified atom stereocenters. The van der Waals surface area contributed by atoms with Crippen LogP contribution in [0.3, 0.4) is 0 Å². The maximum atomic E-state index is 11.8. The summed E-state index contributed by atoms with van der Waals surface area (Å²) in [4.78, 5) is 23.2. The van der Waals surface area contributed by atoms with E-state index in [4.69, 9.17) is 9.94 Å². The predicted molar refractivity (Wildman–Crippen MR) is 72.1 cm³/mol. The first-order valence-corrected chi connectivity index (χ1v) is 6.12. The van der Waals surface area contributed by atoms with E-state index in [9.17, 15) is 9.59 Å². The molecule has 0 saturated carbocycles. The van der Waals surface area contributed by atoms with Gasteiger partial charge in [-0.2, -0.15) is 0 Å². The third kappa shape index (κ3) is 3.57. The fourth-order valence-electron chi connectivity index (χ4n) is 1.66. The Labute approximate surface area is 117 Å². The first-order valence-electron chi connectivity index (χ1n) is 6.12. The van der Waals surface area contributed by atoms with Crippen molar-refractivity contribution in [1.29, 1.82) is 0 Å². The Morgan fingerprint density at radius 3 is 2.35 bits per heavy atom. The topological polar surface area (TPSA) is 85.2 Å². The molecule has 1 atom stereocenters. The molecule has 108 valence electrons. The predicted octanol–water partition coefficient (Wildman–Crippen LogP) is 1.64. The monoisotopic (exact) mass is 279 g/mol. The van der Waals surface area contributed by atoms with Gasteiger partial charge in [-0.1, -0.05) is 5.16 Å². The van der Waals surface area contributed by atoms with Gasteiger partial charge in [-0.05, 0) is 38.1 Å². The van der Waals surface area contributed by atoms with Crippen molar-refractivity contribution in [1.82, 2.24) is 0 Å². The Hall–Kier alpha value is -2.37. The van der Waals surface area contributed by atoms with Crippen LogP contribution in [0.25, 0.3) is 0 Å². The van der Waals surface area contributed by atoms with E-state index in [1.165, 1.54) is 14.0 Å². The van der Waals surface area contributed by atoms with Crippen molar-refractivity contribution in [3.63, 3.8) is 0 Å². The summed E-state index contributed by atoms with van der Waals surface area (Å²) < 4.78 is 9.66. The lowest BCUT2D eigenvalue weighted by molar-refractivity contribution is -0.154. The fourth-order valence-corrected chi connectivity index (χ4v) is 1.66. The zero-order valence-electron chi connectivity index (χ0n) is 11.6. The lowest BCUT2D eigenvalue weighted by Gasteiger charge is -2.12. The number of Topliss-reactive ketones (excluding diaryl/α,β-unsaturated/α-hetero) is 1. The molecule has 6 heteroatoms. The number of carbonyl (C=O) groups excluding carboxylic acids is 2. The van der Waals surface area contributed by atoms with Gasteiger partial charge in [0.25, 0.3) is 0 Å². The molecule has 0 heterocycles. The van der Waals surface area contributed by atoms with Gasteiger partial charge in [0.1, 0.15) is 5.75 Å². The number of rotatable bonds is 6. The van der Waals surface area contributed by atoms with Crippen molar-refractivity contribution in [3.05, 3.63) is 29.8 Å². The molecule has 0 radical (unpaired) electrons. The second-order valence-electron chi connectivity index (χ2n) is 4.02. The van der Waals surface area contributed by atoms with Crippen molar-refractivity contribution in [2.24, 2.45) is 11.1 Å². The van der Waals surface area contributed by atoms with Crippen LogP contribution in [0.2, 0.25) is 0 Å². The number of esters is 1. The molecule has 0 amide bonds. The van der Waals surface area contributed by atoms with E-state index in [1.807, 2.05) is 0 Å². The van der Waals surface area contributed by atoms with E-state index in [0.29, 0.717) is 11.3 Å². The van der Waals surface area contributed by atoms with Crippen molar-refractivity contribution < 1.29 is 24.3 Å². The summed E-state index contributed by atoms with van der Waals surface area (Å²) in [5.74, 6) is -1.95. The van der Waals surface area contributed by atoms with E-state index in [2.05, 4.69) is 9.89 Å². The molecule has 1 N–H and O–H groups in total. The summed E-state index contributed by atoms with van der Waals surface area (Å²) in [6.07, 6.45) is 0. The Morgan fingerprint density at radius 1 is 1.30 bits per heavy atom. The van der Waals surface area contributed by atoms with Crippen LogP contribution in [0.5, 0.6) is 5.75 Å². The average Bonchev–Trinajstić information content (AvgIpc) is 2.48.